The van der Waals surface area contributed by atoms with Crippen molar-refractivity contribution in [1.29, 1.82) is 0 Å². The van der Waals surface area contributed by atoms with E-state index in [4.69, 9.17) is 9.47 Å². The van der Waals surface area contributed by atoms with Crippen LogP contribution in [-0.2, 0) is 20.9 Å². The summed E-state index contributed by atoms with van der Waals surface area (Å²) in [4.78, 5) is 59.3. The molecule has 4 aromatic rings. The first-order valence-corrected chi connectivity index (χ1v) is 21.4. The van der Waals surface area contributed by atoms with Crippen LogP contribution in [0.4, 0.5) is 15.9 Å². The first-order chi connectivity index (χ1) is 28.7. The predicted molar refractivity (Wildman–Crippen MR) is 216 cm³/mol. The number of benzene rings is 1. The molecule has 1 atom stereocenters. The van der Waals surface area contributed by atoms with Gasteiger partial charge in [-0.05, 0) is 82.8 Å². The number of piperidine rings is 2. The van der Waals surface area contributed by atoms with Gasteiger partial charge in [0.15, 0.2) is 5.82 Å². The minimum atomic E-state index is -0.764. The molecule has 1 unspecified atom stereocenters. The number of ether oxygens (including phenoxy) is 2. The molecule has 5 fully saturated rings. The number of pyridine rings is 1. The first kappa shape index (κ1) is 38.0. The number of nitrogens with one attached hydrogen (secondary N) is 2. The van der Waals surface area contributed by atoms with Crippen molar-refractivity contribution in [3.63, 3.8) is 0 Å². The molecule has 3 saturated heterocycles. The first-order valence-electron chi connectivity index (χ1n) is 21.4. The Hall–Kier alpha value is -5.22. The number of hydrogen-bond acceptors (Lipinski definition) is 12. The van der Waals surface area contributed by atoms with Crippen LogP contribution in [0, 0.1) is 11.7 Å². The number of fused-ring (bicyclic) bond motifs is 2. The van der Waals surface area contributed by atoms with E-state index in [1.807, 2.05) is 12.1 Å². The van der Waals surface area contributed by atoms with E-state index >= 15 is 4.39 Å². The molecule has 4 aliphatic heterocycles. The van der Waals surface area contributed by atoms with E-state index in [2.05, 4.69) is 52.1 Å². The van der Waals surface area contributed by atoms with Crippen molar-refractivity contribution >= 4 is 40.1 Å². The lowest BCUT2D eigenvalue weighted by atomic mass is 9.86. The number of imide groups is 1. The second-order valence-electron chi connectivity index (χ2n) is 17.5. The maximum absolute atomic E-state index is 15.9. The van der Waals surface area contributed by atoms with E-state index in [0.29, 0.717) is 41.7 Å². The molecule has 6 aliphatic rings. The van der Waals surface area contributed by atoms with Crippen molar-refractivity contribution in [1.82, 2.24) is 40.3 Å². The summed E-state index contributed by atoms with van der Waals surface area (Å²) >= 11 is 0. The SMILES string of the molecule is CC1(Oc2cc3c(-c4cc(N5CCN(C[C@H]6CC[C@H](OC7CCN(c8ccc9c(c8F)CN(C8CCC(=O)NC8=O)C9=O)CC7)CC6)CC5)ncn4)n[nH]c3cn2)CC1. The van der Waals surface area contributed by atoms with E-state index in [9.17, 15) is 14.4 Å². The second kappa shape index (κ2) is 15.4. The number of hydrogen-bond donors (Lipinski definition) is 2. The van der Waals surface area contributed by atoms with Crippen molar-refractivity contribution in [2.75, 3.05) is 55.6 Å². The Balaban J connectivity index is 0.667. The van der Waals surface area contributed by atoms with Gasteiger partial charge in [0.2, 0.25) is 17.7 Å². The van der Waals surface area contributed by atoms with Crippen molar-refractivity contribution in [2.24, 2.45) is 5.92 Å². The molecule has 59 heavy (non-hydrogen) atoms. The summed E-state index contributed by atoms with van der Waals surface area (Å²) in [5, 5.41) is 10.9. The number of nitrogens with zero attached hydrogens (tertiary/aromatic N) is 8. The number of carbonyl (C=O) groups is 3. The third-order valence-electron chi connectivity index (χ3n) is 13.4. The lowest BCUT2D eigenvalue weighted by molar-refractivity contribution is -0.136. The van der Waals surface area contributed by atoms with Gasteiger partial charge in [-0.15, -0.1) is 0 Å². The van der Waals surface area contributed by atoms with Crippen LogP contribution in [0.15, 0.2) is 36.8 Å². The Kier molecular flexibility index (Phi) is 9.94. The number of carbonyl (C=O) groups excluding carboxylic acids is 3. The van der Waals surface area contributed by atoms with Gasteiger partial charge in [-0.2, -0.15) is 5.10 Å². The smallest absolute Gasteiger partial charge is 0.255 e. The van der Waals surface area contributed by atoms with E-state index in [-0.39, 0.29) is 49.0 Å². The minimum absolute atomic E-state index is 0.0311. The van der Waals surface area contributed by atoms with Crippen LogP contribution in [0.2, 0.25) is 0 Å². The zero-order chi connectivity index (χ0) is 40.3. The molecular weight excluding hydrogens is 756 g/mol. The average molecular weight is 807 g/mol. The maximum Gasteiger partial charge on any atom is 0.255 e. The molecule has 2 saturated carbocycles. The van der Waals surface area contributed by atoms with Crippen molar-refractivity contribution < 1.29 is 28.2 Å². The number of piperazine rings is 1. The number of anilines is 2. The van der Waals surface area contributed by atoms with Crippen LogP contribution in [0.3, 0.4) is 0 Å². The summed E-state index contributed by atoms with van der Waals surface area (Å²) in [6.45, 7) is 8.39. The van der Waals surface area contributed by atoms with E-state index in [1.165, 1.54) is 4.90 Å². The van der Waals surface area contributed by atoms with Gasteiger partial charge in [-0.25, -0.2) is 19.3 Å². The molecule has 10 rings (SSSR count). The Morgan fingerprint density at radius 3 is 2.42 bits per heavy atom. The van der Waals surface area contributed by atoms with Gasteiger partial charge in [-0.1, -0.05) is 0 Å². The fraction of sp³-hybridized carbons (Fsp3) is 0.558. The molecule has 15 nitrogen and oxygen atoms in total. The summed E-state index contributed by atoms with van der Waals surface area (Å²) in [6, 6.07) is 6.60. The Labute approximate surface area is 342 Å². The van der Waals surface area contributed by atoms with E-state index in [1.54, 1.807) is 24.7 Å². The van der Waals surface area contributed by atoms with Crippen molar-refractivity contribution in [3.05, 3.63) is 53.7 Å². The summed E-state index contributed by atoms with van der Waals surface area (Å²) in [5.74, 6) is 0.590. The number of aromatic amines is 1. The highest BCUT2D eigenvalue weighted by Crippen LogP contribution is 2.40. The molecular formula is C43H51FN10O5. The van der Waals surface area contributed by atoms with E-state index in [0.717, 1.165) is 112 Å². The molecule has 2 aliphatic carbocycles. The average Bonchev–Trinajstić information content (AvgIpc) is 3.66. The molecule has 0 spiro atoms. The molecule has 3 amide bonds. The lowest BCUT2D eigenvalue weighted by Crippen LogP contribution is -2.52. The minimum Gasteiger partial charge on any atom is -0.471 e. The Morgan fingerprint density at radius 1 is 0.881 bits per heavy atom. The standard InChI is InChI=1S/C43H51FN10O5/c1-43(12-13-43)59-38-20-30-33(22-45-38)49-50-40(30)32-21-36(47-25-46-32)53-18-16-51(17-19-53)23-26-2-4-27(5-3-26)58-28-10-14-52(15-11-28)34-7-6-29-31(39(34)44)24-54(42(29)57)35-8-9-37(55)48-41(35)56/h6-7,20-22,25-28,35H,2-5,8-19,23-24H2,1H3,(H,49,50)(H,48,55,56)/t26-,27-,35?. The molecule has 310 valence electrons. The second-order valence-corrected chi connectivity index (χ2v) is 17.5. The molecule has 7 heterocycles. The van der Waals surface area contributed by atoms with Crippen LogP contribution in [0.25, 0.3) is 22.3 Å². The summed E-state index contributed by atoms with van der Waals surface area (Å²) in [6.07, 6.45) is 12.4. The van der Waals surface area contributed by atoms with Gasteiger partial charge in [-0.3, -0.25) is 29.7 Å². The Morgan fingerprint density at radius 2 is 1.66 bits per heavy atom. The van der Waals surface area contributed by atoms with Gasteiger partial charge < -0.3 is 24.2 Å². The molecule has 3 aromatic heterocycles. The largest absolute Gasteiger partial charge is 0.471 e. The van der Waals surface area contributed by atoms with Crippen LogP contribution < -0.4 is 19.9 Å². The fourth-order valence-electron chi connectivity index (χ4n) is 9.64. The molecule has 2 N–H and O–H groups in total. The zero-order valence-corrected chi connectivity index (χ0v) is 33.5. The highest BCUT2D eigenvalue weighted by Gasteiger charge is 2.42. The molecule has 1 aromatic carbocycles. The zero-order valence-electron chi connectivity index (χ0n) is 33.5. The quantitative estimate of drug-likeness (QED) is 0.215. The molecule has 0 radical (unpaired) electrons. The van der Waals surface area contributed by atoms with Crippen molar-refractivity contribution in [3.8, 4) is 17.3 Å². The van der Waals surface area contributed by atoms with Gasteiger partial charge in [0.05, 0.1) is 41.8 Å². The third-order valence-corrected chi connectivity index (χ3v) is 13.4. The van der Waals surface area contributed by atoms with Gasteiger partial charge in [0.1, 0.15) is 29.5 Å². The van der Waals surface area contributed by atoms with Crippen molar-refractivity contribution in [2.45, 2.75) is 102 Å². The van der Waals surface area contributed by atoms with Crippen LogP contribution in [0.5, 0.6) is 5.88 Å². The summed E-state index contributed by atoms with van der Waals surface area (Å²) < 4.78 is 28.7. The summed E-state index contributed by atoms with van der Waals surface area (Å²) in [5.41, 5.74) is 3.40. The van der Waals surface area contributed by atoms with Gasteiger partial charge >= 0.3 is 0 Å². The maximum atomic E-state index is 15.9. The van der Waals surface area contributed by atoms with Crippen LogP contribution in [0.1, 0.15) is 87.1 Å². The number of aromatic nitrogens is 5. The molecule has 16 heteroatoms. The summed E-state index contributed by atoms with van der Waals surface area (Å²) in [7, 11) is 0. The van der Waals surface area contributed by atoms with E-state index < -0.39 is 17.8 Å². The highest BCUT2D eigenvalue weighted by molar-refractivity contribution is 6.05. The number of amides is 3. The predicted octanol–water partition coefficient (Wildman–Crippen LogP) is 4.61. The normalized spacial score (nSPS) is 25.1. The number of halogens is 1. The Bertz CT molecular complexity index is 2260. The van der Waals surface area contributed by atoms with Crippen LogP contribution >= 0.6 is 0 Å². The number of rotatable bonds is 10. The molecule has 0 bridgehead atoms. The lowest BCUT2D eigenvalue weighted by Gasteiger charge is -2.39. The van der Waals surface area contributed by atoms with Crippen LogP contribution in [-0.4, -0.2) is 122 Å². The van der Waals surface area contributed by atoms with Gasteiger partial charge in [0.25, 0.3) is 5.91 Å². The number of H-pyrrole nitrogens is 1. The monoisotopic (exact) mass is 806 g/mol. The highest BCUT2D eigenvalue weighted by atomic mass is 19.1. The fourth-order valence-corrected chi connectivity index (χ4v) is 9.64. The topological polar surface area (TPSA) is 162 Å². The third kappa shape index (κ3) is 7.72. The van der Waals surface area contributed by atoms with Gasteiger partial charge in [0, 0.05) is 80.9 Å².